The second kappa shape index (κ2) is 5.82. The number of aryl methyl sites for hydroxylation is 1. The molecule has 0 radical (unpaired) electrons. The quantitative estimate of drug-likeness (QED) is 0.838. The van der Waals surface area contributed by atoms with E-state index in [0.717, 1.165) is 5.56 Å². The zero-order valence-corrected chi connectivity index (χ0v) is 11.0. The summed E-state index contributed by atoms with van der Waals surface area (Å²) >= 11 is 0. The summed E-state index contributed by atoms with van der Waals surface area (Å²) in [7, 11) is 0. The minimum atomic E-state index is -0.442. The van der Waals surface area contributed by atoms with Crippen LogP contribution in [0.5, 0.6) is 0 Å². The summed E-state index contributed by atoms with van der Waals surface area (Å²) in [6.07, 6.45) is 0. The maximum Gasteiger partial charge on any atom is 0.237 e. The summed E-state index contributed by atoms with van der Waals surface area (Å²) < 4.78 is 0. The van der Waals surface area contributed by atoms with Crippen LogP contribution in [-0.2, 0) is 4.79 Å². The molecular weight excluding hydrogens is 212 g/mol. The third kappa shape index (κ3) is 3.86. The number of hydrogen-bond donors (Lipinski definition) is 2. The Balaban J connectivity index is 2.66. The molecule has 0 fully saturated rings. The van der Waals surface area contributed by atoms with Crippen LogP contribution in [0.3, 0.4) is 0 Å². The summed E-state index contributed by atoms with van der Waals surface area (Å²) in [6, 6.07) is 7.67. The minimum absolute atomic E-state index is 0.00722. The highest BCUT2D eigenvalue weighted by atomic mass is 16.2. The molecule has 1 aromatic carbocycles. The summed E-state index contributed by atoms with van der Waals surface area (Å²) in [5, 5.41) is 2.94. The summed E-state index contributed by atoms with van der Waals surface area (Å²) in [5.41, 5.74) is 8.10. The Kier molecular flexibility index (Phi) is 4.70. The van der Waals surface area contributed by atoms with Crippen molar-refractivity contribution in [2.45, 2.75) is 39.8 Å². The Morgan fingerprint density at radius 3 is 2.47 bits per heavy atom. The van der Waals surface area contributed by atoms with E-state index in [-0.39, 0.29) is 17.9 Å². The second-order valence-electron chi connectivity index (χ2n) is 4.91. The number of benzene rings is 1. The predicted molar refractivity (Wildman–Crippen MR) is 70.6 cm³/mol. The Morgan fingerprint density at radius 2 is 1.94 bits per heavy atom. The fourth-order valence-corrected chi connectivity index (χ4v) is 1.64. The molecule has 0 bridgehead atoms. The lowest BCUT2D eigenvalue weighted by atomic mass is 10.0. The molecule has 3 N–H and O–H groups in total. The summed E-state index contributed by atoms with van der Waals surface area (Å²) in [5.74, 6) is 0.0636. The van der Waals surface area contributed by atoms with Crippen molar-refractivity contribution in [2.24, 2.45) is 11.7 Å². The number of carbonyl (C=O) groups is 1. The molecule has 1 aromatic rings. The van der Waals surface area contributed by atoms with Gasteiger partial charge in [0.05, 0.1) is 12.1 Å². The fraction of sp³-hybridized carbons (Fsp3) is 0.500. The number of nitrogens with one attached hydrogen (secondary N) is 1. The van der Waals surface area contributed by atoms with E-state index in [2.05, 4.69) is 11.4 Å². The Hall–Kier alpha value is -1.35. The largest absolute Gasteiger partial charge is 0.348 e. The first-order valence-corrected chi connectivity index (χ1v) is 6.04. The van der Waals surface area contributed by atoms with E-state index in [4.69, 9.17) is 5.73 Å². The topological polar surface area (TPSA) is 55.1 Å². The van der Waals surface area contributed by atoms with Gasteiger partial charge >= 0.3 is 0 Å². The smallest absolute Gasteiger partial charge is 0.237 e. The zero-order valence-electron chi connectivity index (χ0n) is 11.0. The fourth-order valence-electron chi connectivity index (χ4n) is 1.64. The summed E-state index contributed by atoms with van der Waals surface area (Å²) in [4.78, 5) is 11.8. The molecule has 0 heterocycles. The monoisotopic (exact) mass is 234 g/mol. The lowest BCUT2D eigenvalue weighted by molar-refractivity contribution is -0.123. The third-order valence-corrected chi connectivity index (χ3v) is 2.92. The predicted octanol–water partition coefficient (Wildman–Crippen LogP) is 2.16. The highest BCUT2D eigenvalue weighted by Gasteiger charge is 2.19. The molecule has 0 aromatic heterocycles. The number of amides is 1. The van der Waals surface area contributed by atoms with Crippen LogP contribution in [0, 0.1) is 12.8 Å². The molecule has 0 unspecified atom stereocenters. The molecule has 3 heteroatoms. The molecule has 1 rings (SSSR count). The van der Waals surface area contributed by atoms with Crippen LogP contribution >= 0.6 is 0 Å². The third-order valence-electron chi connectivity index (χ3n) is 2.92. The second-order valence-corrected chi connectivity index (χ2v) is 4.91. The van der Waals surface area contributed by atoms with E-state index in [0.29, 0.717) is 0 Å². The minimum Gasteiger partial charge on any atom is -0.348 e. The Labute approximate surface area is 103 Å². The summed E-state index contributed by atoms with van der Waals surface area (Å²) in [6.45, 7) is 7.90. The maximum atomic E-state index is 11.8. The highest BCUT2D eigenvalue weighted by molar-refractivity contribution is 5.82. The highest BCUT2D eigenvalue weighted by Crippen LogP contribution is 2.14. The van der Waals surface area contributed by atoms with Crippen molar-refractivity contribution >= 4 is 5.91 Å². The van der Waals surface area contributed by atoms with Gasteiger partial charge in [0.25, 0.3) is 0 Å². The van der Waals surface area contributed by atoms with Gasteiger partial charge in [-0.2, -0.15) is 0 Å². The first-order chi connectivity index (χ1) is 7.91. The normalized spacial score (nSPS) is 14.5. The SMILES string of the molecule is Cc1cccc([C@H](C)NC(=O)[C@H](N)C(C)C)c1. The van der Waals surface area contributed by atoms with Gasteiger partial charge in [0, 0.05) is 0 Å². The number of hydrogen-bond acceptors (Lipinski definition) is 2. The van der Waals surface area contributed by atoms with Crippen LogP contribution in [0.15, 0.2) is 24.3 Å². The van der Waals surface area contributed by atoms with Crippen LogP contribution < -0.4 is 11.1 Å². The maximum absolute atomic E-state index is 11.8. The number of rotatable bonds is 4. The van der Waals surface area contributed by atoms with E-state index < -0.39 is 6.04 Å². The van der Waals surface area contributed by atoms with Crippen LogP contribution in [0.4, 0.5) is 0 Å². The van der Waals surface area contributed by atoms with E-state index in [1.165, 1.54) is 5.56 Å². The molecular formula is C14H22N2O. The molecule has 94 valence electrons. The average molecular weight is 234 g/mol. The lowest BCUT2D eigenvalue weighted by Crippen LogP contribution is -2.44. The Morgan fingerprint density at radius 1 is 1.29 bits per heavy atom. The van der Waals surface area contributed by atoms with E-state index in [1.54, 1.807) is 0 Å². The van der Waals surface area contributed by atoms with Crippen LogP contribution in [0.2, 0.25) is 0 Å². The van der Waals surface area contributed by atoms with Crippen molar-refractivity contribution in [2.75, 3.05) is 0 Å². The van der Waals surface area contributed by atoms with Crippen LogP contribution in [0.25, 0.3) is 0 Å². The van der Waals surface area contributed by atoms with Crippen molar-refractivity contribution in [3.05, 3.63) is 35.4 Å². The van der Waals surface area contributed by atoms with Crippen LogP contribution in [-0.4, -0.2) is 11.9 Å². The van der Waals surface area contributed by atoms with E-state index in [1.807, 2.05) is 45.9 Å². The van der Waals surface area contributed by atoms with Crippen molar-refractivity contribution < 1.29 is 4.79 Å². The first-order valence-electron chi connectivity index (χ1n) is 6.04. The van der Waals surface area contributed by atoms with Gasteiger partial charge in [-0.25, -0.2) is 0 Å². The molecule has 0 spiro atoms. The van der Waals surface area contributed by atoms with Gasteiger partial charge in [-0.1, -0.05) is 43.7 Å². The average Bonchev–Trinajstić information content (AvgIpc) is 2.27. The molecule has 0 aliphatic rings. The van der Waals surface area contributed by atoms with Gasteiger partial charge in [0.15, 0.2) is 0 Å². The van der Waals surface area contributed by atoms with Gasteiger partial charge in [-0.15, -0.1) is 0 Å². The van der Waals surface area contributed by atoms with Gasteiger partial charge in [-0.05, 0) is 25.3 Å². The molecule has 0 saturated carbocycles. The first kappa shape index (κ1) is 13.7. The van der Waals surface area contributed by atoms with Gasteiger partial charge in [-0.3, -0.25) is 4.79 Å². The van der Waals surface area contributed by atoms with Gasteiger partial charge in [0.2, 0.25) is 5.91 Å². The molecule has 17 heavy (non-hydrogen) atoms. The molecule has 0 aliphatic carbocycles. The van der Waals surface area contributed by atoms with Gasteiger partial charge in [0.1, 0.15) is 0 Å². The van der Waals surface area contributed by atoms with Crippen molar-refractivity contribution in [3.63, 3.8) is 0 Å². The molecule has 3 nitrogen and oxygen atoms in total. The molecule has 0 aliphatic heterocycles. The van der Waals surface area contributed by atoms with Gasteiger partial charge < -0.3 is 11.1 Å². The Bertz CT molecular complexity index is 388. The van der Waals surface area contributed by atoms with Crippen molar-refractivity contribution in [1.29, 1.82) is 0 Å². The zero-order chi connectivity index (χ0) is 13.0. The molecule has 0 saturated heterocycles. The molecule has 1 amide bonds. The standard InChI is InChI=1S/C14H22N2O/c1-9(2)13(15)14(17)16-11(4)12-7-5-6-10(3)8-12/h5-9,11,13H,15H2,1-4H3,(H,16,17)/t11-,13+/m0/s1. The number of carbonyl (C=O) groups excluding carboxylic acids is 1. The van der Waals surface area contributed by atoms with Crippen molar-refractivity contribution in [1.82, 2.24) is 5.32 Å². The van der Waals surface area contributed by atoms with E-state index >= 15 is 0 Å². The number of nitrogens with two attached hydrogens (primary N) is 1. The van der Waals surface area contributed by atoms with Crippen molar-refractivity contribution in [3.8, 4) is 0 Å². The molecule has 2 atom stereocenters. The lowest BCUT2D eigenvalue weighted by Gasteiger charge is -2.20. The van der Waals surface area contributed by atoms with Crippen LogP contribution in [0.1, 0.15) is 37.9 Å². The van der Waals surface area contributed by atoms with E-state index in [9.17, 15) is 4.79 Å².